The van der Waals surface area contributed by atoms with E-state index < -0.39 is 39.0 Å². The predicted molar refractivity (Wildman–Crippen MR) is 40.9 cm³/mol. The van der Waals surface area contributed by atoms with Crippen molar-refractivity contribution in [3.63, 3.8) is 0 Å². The van der Waals surface area contributed by atoms with Crippen LogP contribution in [0.25, 0.3) is 0 Å². The molecule has 0 aromatic heterocycles. The third-order valence-corrected chi connectivity index (χ3v) is 2.27. The van der Waals surface area contributed by atoms with Gasteiger partial charge in [-0.1, -0.05) is 0 Å². The Hall–Kier alpha value is -0.0500. The average molecular weight is 230 g/mol. The lowest BCUT2D eigenvalue weighted by Gasteiger charge is -2.17. The maximum atomic E-state index is 10.4. The quantitative estimate of drug-likeness (QED) is 0.336. The molecule has 84 valence electrons. The Bertz CT molecular complexity index is 238. The number of aliphatic hydroxyl groups is 3. The summed E-state index contributed by atoms with van der Waals surface area (Å²) in [5, 5.41) is 27.0. The standard InChI is InChI=1S/C5H11O8P/c6-1-2-3(7)4(5(8)12-2)13-14(9,10)11/h2-8H,1H2,(H2,9,10,11)/t2-,3-,4-,5?/m1/s1. The van der Waals surface area contributed by atoms with E-state index in [-0.39, 0.29) is 0 Å². The fraction of sp³-hybridized carbons (Fsp3) is 1.00. The van der Waals surface area contributed by atoms with Crippen LogP contribution in [0.4, 0.5) is 0 Å². The first-order valence-electron chi connectivity index (χ1n) is 3.71. The second kappa shape index (κ2) is 4.21. The van der Waals surface area contributed by atoms with Crippen LogP contribution in [-0.2, 0) is 13.8 Å². The molecule has 9 heteroatoms. The summed E-state index contributed by atoms with van der Waals surface area (Å²) in [5.41, 5.74) is 0. The fourth-order valence-electron chi connectivity index (χ4n) is 1.14. The summed E-state index contributed by atoms with van der Waals surface area (Å²) >= 11 is 0. The minimum atomic E-state index is -4.81. The zero-order valence-electron chi connectivity index (χ0n) is 6.92. The van der Waals surface area contributed by atoms with Gasteiger partial charge < -0.3 is 29.8 Å². The molecule has 0 bridgehead atoms. The third kappa shape index (κ3) is 2.72. The van der Waals surface area contributed by atoms with Crippen LogP contribution in [-0.4, -0.2) is 56.3 Å². The molecule has 1 fully saturated rings. The van der Waals surface area contributed by atoms with Crippen molar-refractivity contribution in [2.45, 2.75) is 24.6 Å². The van der Waals surface area contributed by atoms with E-state index in [1.54, 1.807) is 0 Å². The molecule has 4 atom stereocenters. The molecule has 0 radical (unpaired) electrons. The monoisotopic (exact) mass is 230 g/mol. The molecule has 8 nitrogen and oxygen atoms in total. The summed E-state index contributed by atoms with van der Waals surface area (Å²) in [6.07, 6.45) is -5.83. The normalized spacial score (nSPS) is 38.9. The molecule has 0 saturated carbocycles. The maximum Gasteiger partial charge on any atom is 0.470 e. The zero-order valence-corrected chi connectivity index (χ0v) is 7.82. The molecule has 1 saturated heterocycles. The molecule has 0 spiro atoms. The fourth-order valence-corrected chi connectivity index (χ4v) is 1.69. The average Bonchev–Trinajstić information content (AvgIpc) is 2.29. The Morgan fingerprint density at radius 2 is 1.93 bits per heavy atom. The summed E-state index contributed by atoms with van der Waals surface area (Å²) in [6.45, 7) is -0.584. The Labute approximate surface area is 78.9 Å². The minimum absolute atomic E-state index is 0.584. The van der Waals surface area contributed by atoms with E-state index >= 15 is 0 Å². The highest BCUT2D eigenvalue weighted by Gasteiger charge is 2.46. The summed E-state index contributed by atoms with van der Waals surface area (Å²) in [5.74, 6) is 0. The lowest BCUT2D eigenvalue weighted by molar-refractivity contribution is -0.130. The van der Waals surface area contributed by atoms with Gasteiger partial charge in [-0.2, -0.15) is 0 Å². The van der Waals surface area contributed by atoms with Gasteiger partial charge in [0.05, 0.1) is 6.61 Å². The number of rotatable bonds is 3. The second-order valence-electron chi connectivity index (χ2n) is 2.80. The molecule has 0 aromatic carbocycles. The third-order valence-electron chi connectivity index (χ3n) is 1.75. The van der Waals surface area contributed by atoms with E-state index in [0.29, 0.717) is 0 Å². The number of aliphatic hydroxyl groups excluding tert-OH is 3. The maximum absolute atomic E-state index is 10.4. The van der Waals surface area contributed by atoms with Crippen LogP contribution in [0.1, 0.15) is 0 Å². The number of phosphoric ester groups is 1. The lowest BCUT2D eigenvalue weighted by atomic mass is 10.1. The summed E-state index contributed by atoms with van der Waals surface area (Å²) in [6, 6.07) is 0. The molecule has 1 aliphatic heterocycles. The van der Waals surface area contributed by atoms with Crippen LogP contribution in [0.5, 0.6) is 0 Å². The summed E-state index contributed by atoms with van der Waals surface area (Å²) < 4.78 is 19.1. The van der Waals surface area contributed by atoms with Crippen molar-refractivity contribution < 1.29 is 38.9 Å². The highest BCUT2D eigenvalue weighted by Crippen LogP contribution is 2.41. The molecule has 1 unspecified atom stereocenters. The Kier molecular flexibility index (Phi) is 3.62. The SMILES string of the molecule is O=P(O)(O)O[C@H]1C(O)O[C@H](CO)[C@H]1O. The van der Waals surface area contributed by atoms with Gasteiger partial charge in [-0.05, 0) is 0 Å². The number of phosphoric acid groups is 1. The molecule has 1 heterocycles. The van der Waals surface area contributed by atoms with Crippen LogP contribution in [0.15, 0.2) is 0 Å². The Morgan fingerprint density at radius 3 is 2.29 bits per heavy atom. The van der Waals surface area contributed by atoms with E-state index in [2.05, 4.69) is 9.26 Å². The van der Waals surface area contributed by atoms with Gasteiger partial charge in [0.2, 0.25) is 0 Å². The van der Waals surface area contributed by atoms with Gasteiger partial charge in [0.15, 0.2) is 6.29 Å². The van der Waals surface area contributed by atoms with Gasteiger partial charge in [0.1, 0.15) is 18.3 Å². The van der Waals surface area contributed by atoms with Crippen LogP contribution >= 0.6 is 7.82 Å². The first-order valence-corrected chi connectivity index (χ1v) is 5.24. The van der Waals surface area contributed by atoms with E-state index in [1.165, 1.54) is 0 Å². The number of hydrogen-bond acceptors (Lipinski definition) is 6. The van der Waals surface area contributed by atoms with Gasteiger partial charge >= 0.3 is 7.82 Å². The van der Waals surface area contributed by atoms with Crippen molar-refractivity contribution in [2.24, 2.45) is 0 Å². The molecule has 0 amide bonds. The van der Waals surface area contributed by atoms with Crippen molar-refractivity contribution in [1.82, 2.24) is 0 Å². The van der Waals surface area contributed by atoms with E-state index in [9.17, 15) is 9.67 Å². The van der Waals surface area contributed by atoms with E-state index in [1.807, 2.05) is 0 Å². The smallest absolute Gasteiger partial charge is 0.394 e. The van der Waals surface area contributed by atoms with Crippen LogP contribution in [0, 0.1) is 0 Å². The highest BCUT2D eigenvalue weighted by atomic mass is 31.2. The molecule has 1 aliphatic rings. The van der Waals surface area contributed by atoms with E-state index in [4.69, 9.17) is 20.0 Å². The summed E-state index contributed by atoms with van der Waals surface area (Å²) in [7, 11) is -4.81. The molecule has 1 rings (SSSR count). The van der Waals surface area contributed by atoms with Gasteiger partial charge in [-0.3, -0.25) is 4.52 Å². The first-order chi connectivity index (χ1) is 6.35. The molecule has 0 aromatic rings. The van der Waals surface area contributed by atoms with Crippen molar-refractivity contribution >= 4 is 7.82 Å². The largest absolute Gasteiger partial charge is 0.470 e. The Morgan fingerprint density at radius 1 is 1.36 bits per heavy atom. The van der Waals surface area contributed by atoms with Gasteiger partial charge in [0.25, 0.3) is 0 Å². The minimum Gasteiger partial charge on any atom is -0.394 e. The molecule has 5 N–H and O–H groups in total. The predicted octanol–water partition coefficient (Wildman–Crippen LogP) is -2.47. The van der Waals surface area contributed by atoms with Crippen molar-refractivity contribution in [3.8, 4) is 0 Å². The van der Waals surface area contributed by atoms with Crippen molar-refractivity contribution in [2.75, 3.05) is 6.61 Å². The van der Waals surface area contributed by atoms with Crippen LogP contribution in [0.2, 0.25) is 0 Å². The summed E-state index contributed by atoms with van der Waals surface area (Å²) in [4.78, 5) is 16.8. The number of hydrogen-bond donors (Lipinski definition) is 5. The van der Waals surface area contributed by atoms with Gasteiger partial charge in [-0.25, -0.2) is 4.57 Å². The first kappa shape index (κ1) is 12.0. The molecule has 0 aliphatic carbocycles. The van der Waals surface area contributed by atoms with Gasteiger partial charge in [0, 0.05) is 0 Å². The van der Waals surface area contributed by atoms with E-state index in [0.717, 1.165) is 0 Å². The van der Waals surface area contributed by atoms with Gasteiger partial charge in [-0.15, -0.1) is 0 Å². The lowest BCUT2D eigenvalue weighted by Crippen LogP contribution is -2.35. The Balaban J connectivity index is 2.65. The topological polar surface area (TPSA) is 137 Å². The van der Waals surface area contributed by atoms with Crippen molar-refractivity contribution in [1.29, 1.82) is 0 Å². The molecule has 14 heavy (non-hydrogen) atoms. The van der Waals surface area contributed by atoms with Crippen LogP contribution in [0.3, 0.4) is 0 Å². The van der Waals surface area contributed by atoms with Crippen LogP contribution < -0.4 is 0 Å². The zero-order chi connectivity index (χ0) is 10.9. The molecular weight excluding hydrogens is 219 g/mol. The second-order valence-corrected chi connectivity index (χ2v) is 3.99. The number of ether oxygens (including phenoxy) is 1. The molecular formula is C5H11O8P. The van der Waals surface area contributed by atoms with Crippen molar-refractivity contribution in [3.05, 3.63) is 0 Å². The highest BCUT2D eigenvalue weighted by molar-refractivity contribution is 7.46.